The molecule has 3 nitrogen and oxygen atoms in total. The van der Waals surface area contributed by atoms with Gasteiger partial charge in [-0.2, -0.15) is 11.8 Å². The third-order valence-corrected chi connectivity index (χ3v) is 2.79. The van der Waals surface area contributed by atoms with E-state index in [1.54, 1.807) is 0 Å². The number of β-amino-alcohol motifs (C(OH)–C–C–N with tert-alkyl or cyclic N) is 1. The fourth-order valence-electron chi connectivity index (χ4n) is 1.16. The van der Waals surface area contributed by atoms with E-state index in [0.717, 1.165) is 19.6 Å². The summed E-state index contributed by atoms with van der Waals surface area (Å²) in [6.07, 6.45) is -0.335. The van der Waals surface area contributed by atoms with Gasteiger partial charge in [-0.25, -0.2) is 0 Å². The van der Waals surface area contributed by atoms with Crippen LogP contribution >= 0.6 is 11.8 Å². The van der Waals surface area contributed by atoms with Crippen LogP contribution in [0.2, 0.25) is 0 Å². The fourth-order valence-corrected chi connectivity index (χ4v) is 2.14. The van der Waals surface area contributed by atoms with E-state index in [4.69, 9.17) is 5.73 Å². The lowest BCUT2D eigenvalue weighted by molar-refractivity contribution is 0.124. The van der Waals surface area contributed by atoms with Crippen molar-refractivity contribution in [1.82, 2.24) is 4.90 Å². The third-order valence-electron chi connectivity index (χ3n) is 1.84. The standard InChI is InChI=1S/C7H16N2OS/c8-5-7(10)6-9-1-3-11-4-2-9/h7,10H,1-6,8H2/t7-/m1/s1. The quantitative estimate of drug-likeness (QED) is 0.600. The van der Waals surface area contributed by atoms with Gasteiger partial charge in [0.15, 0.2) is 0 Å². The van der Waals surface area contributed by atoms with Crippen molar-refractivity contribution in [3.05, 3.63) is 0 Å². The second-order valence-corrected chi connectivity index (χ2v) is 4.03. The number of rotatable bonds is 3. The minimum atomic E-state index is -0.335. The summed E-state index contributed by atoms with van der Waals surface area (Å²) in [6, 6.07) is 0. The van der Waals surface area contributed by atoms with Gasteiger partial charge in [0.1, 0.15) is 0 Å². The summed E-state index contributed by atoms with van der Waals surface area (Å²) < 4.78 is 0. The number of nitrogens with zero attached hydrogens (tertiary/aromatic N) is 1. The molecule has 0 aromatic carbocycles. The average Bonchev–Trinajstić information content (AvgIpc) is 2.06. The Morgan fingerprint density at radius 1 is 1.45 bits per heavy atom. The number of aliphatic hydroxyl groups excluding tert-OH is 1. The first-order valence-corrected chi connectivity index (χ1v) is 5.16. The molecule has 0 aromatic rings. The Kier molecular flexibility index (Phi) is 4.22. The Bertz CT molecular complexity index is 107. The second-order valence-electron chi connectivity index (χ2n) is 2.80. The third kappa shape index (κ3) is 3.42. The number of thioether (sulfide) groups is 1. The summed E-state index contributed by atoms with van der Waals surface area (Å²) in [5.41, 5.74) is 5.31. The van der Waals surface area contributed by atoms with Crippen LogP contribution in [0.15, 0.2) is 0 Å². The van der Waals surface area contributed by atoms with Gasteiger partial charge < -0.3 is 10.8 Å². The Labute approximate surface area is 71.9 Å². The molecule has 0 bridgehead atoms. The normalized spacial score (nSPS) is 23.5. The summed E-state index contributed by atoms with van der Waals surface area (Å²) in [6.45, 7) is 3.32. The molecule has 4 heteroatoms. The van der Waals surface area contributed by atoms with E-state index in [1.807, 2.05) is 11.8 Å². The monoisotopic (exact) mass is 176 g/mol. The molecule has 1 heterocycles. The molecule has 0 amide bonds. The Hall–Kier alpha value is 0.230. The maximum Gasteiger partial charge on any atom is 0.0789 e. The van der Waals surface area contributed by atoms with E-state index in [9.17, 15) is 5.11 Å². The lowest BCUT2D eigenvalue weighted by Crippen LogP contribution is -2.40. The molecule has 1 fully saturated rings. The highest BCUT2D eigenvalue weighted by atomic mass is 32.2. The fraction of sp³-hybridized carbons (Fsp3) is 1.00. The van der Waals surface area contributed by atoms with Gasteiger partial charge in [0.2, 0.25) is 0 Å². The minimum absolute atomic E-state index is 0.335. The lowest BCUT2D eigenvalue weighted by atomic mass is 10.3. The van der Waals surface area contributed by atoms with Crippen molar-refractivity contribution in [2.75, 3.05) is 37.7 Å². The van der Waals surface area contributed by atoms with Gasteiger partial charge in [0.25, 0.3) is 0 Å². The molecule has 66 valence electrons. The smallest absolute Gasteiger partial charge is 0.0789 e. The zero-order valence-electron chi connectivity index (χ0n) is 6.70. The Balaban J connectivity index is 2.13. The van der Waals surface area contributed by atoms with Crippen molar-refractivity contribution in [2.45, 2.75) is 6.10 Å². The van der Waals surface area contributed by atoms with E-state index in [0.29, 0.717) is 6.54 Å². The first-order valence-electron chi connectivity index (χ1n) is 4.01. The van der Waals surface area contributed by atoms with Crippen LogP contribution in [-0.2, 0) is 0 Å². The van der Waals surface area contributed by atoms with Gasteiger partial charge in [-0.3, -0.25) is 4.90 Å². The van der Waals surface area contributed by atoms with Crippen molar-refractivity contribution >= 4 is 11.8 Å². The van der Waals surface area contributed by atoms with Gasteiger partial charge in [-0.05, 0) is 0 Å². The van der Waals surface area contributed by atoms with Crippen LogP contribution in [0.5, 0.6) is 0 Å². The van der Waals surface area contributed by atoms with Crippen LogP contribution in [0.1, 0.15) is 0 Å². The summed E-state index contributed by atoms with van der Waals surface area (Å²) in [4.78, 5) is 2.27. The second kappa shape index (κ2) is 4.98. The van der Waals surface area contributed by atoms with E-state index < -0.39 is 0 Å². The highest BCUT2D eigenvalue weighted by Gasteiger charge is 2.12. The summed E-state index contributed by atoms with van der Waals surface area (Å²) in [5.74, 6) is 2.38. The Morgan fingerprint density at radius 3 is 2.64 bits per heavy atom. The molecule has 3 N–H and O–H groups in total. The van der Waals surface area contributed by atoms with Gasteiger partial charge in [-0.15, -0.1) is 0 Å². The first-order chi connectivity index (χ1) is 5.33. The molecule has 1 saturated heterocycles. The number of aliphatic hydroxyl groups is 1. The van der Waals surface area contributed by atoms with Crippen LogP contribution in [0.25, 0.3) is 0 Å². The zero-order chi connectivity index (χ0) is 8.10. The van der Waals surface area contributed by atoms with Crippen molar-refractivity contribution < 1.29 is 5.11 Å². The summed E-state index contributed by atoms with van der Waals surface area (Å²) >= 11 is 1.98. The van der Waals surface area contributed by atoms with E-state index in [-0.39, 0.29) is 6.10 Å². The van der Waals surface area contributed by atoms with Crippen LogP contribution in [0, 0.1) is 0 Å². The van der Waals surface area contributed by atoms with Crippen molar-refractivity contribution in [1.29, 1.82) is 0 Å². The van der Waals surface area contributed by atoms with Gasteiger partial charge in [0, 0.05) is 37.7 Å². The lowest BCUT2D eigenvalue weighted by Gasteiger charge is -2.27. The van der Waals surface area contributed by atoms with Crippen LogP contribution < -0.4 is 5.73 Å². The van der Waals surface area contributed by atoms with E-state index in [1.165, 1.54) is 11.5 Å². The summed E-state index contributed by atoms with van der Waals surface area (Å²) in [7, 11) is 0. The number of hydrogen-bond acceptors (Lipinski definition) is 4. The predicted molar refractivity (Wildman–Crippen MR) is 48.8 cm³/mol. The number of hydrogen-bond donors (Lipinski definition) is 2. The molecule has 0 radical (unpaired) electrons. The molecule has 0 unspecified atom stereocenters. The molecule has 1 aliphatic heterocycles. The average molecular weight is 176 g/mol. The van der Waals surface area contributed by atoms with Crippen molar-refractivity contribution in [3.63, 3.8) is 0 Å². The molecule has 1 aliphatic rings. The number of nitrogens with two attached hydrogens (primary N) is 1. The Morgan fingerprint density at radius 2 is 2.09 bits per heavy atom. The van der Waals surface area contributed by atoms with E-state index >= 15 is 0 Å². The molecular weight excluding hydrogens is 160 g/mol. The van der Waals surface area contributed by atoms with Crippen LogP contribution in [-0.4, -0.2) is 53.8 Å². The SMILES string of the molecule is NC[C@@H](O)CN1CCSCC1. The summed E-state index contributed by atoms with van der Waals surface area (Å²) in [5, 5.41) is 9.24. The molecule has 0 saturated carbocycles. The van der Waals surface area contributed by atoms with Gasteiger partial charge in [-0.1, -0.05) is 0 Å². The highest BCUT2D eigenvalue weighted by Crippen LogP contribution is 2.08. The maximum atomic E-state index is 9.24. The molecular formula is C7H16N2OS. The van der Waals surface area contributed by atoms with Gasteiger partial charge >= 0.3 is 0 Å². The van der Waals surface area contributed by atoms with Crippen molar-refractivity contribution in [2.24, 2.45) is 5.73 Å². The topological polar surface area (TPSA) is 49.5 Å². The van der Waals surface area contributed by atoms with Gasteiger partial charge in [0.05, 0.1) is 6.10 Å². The van der Waals surface area contributed by atoms with Crippen LogP contribution in [0.3, 0.4) is 0 Å². The highest BCUT2D eigenvalue weighted by molar-refractivity contribution is 7.99. The molecule has 0 aliphatic carbocycles. The maximum absolute atomic E-state index is 9.24. The molecule has 0 spiro atoms. The first kappa shape index (κ1) is 9.32. The van der Waals surface area contributed by atoms with E-state index in [2.05, 4.69) is 4.90 Å². The molecule has 0 aromatic heterocycles. The molecule has 1 rings (SSSR count). The minimum Gasteiger partial charge on any atom is -0.390 e. The zero-order valence-corrected chi connectivity index (χ0v) is 7.52. The van der Waals surface area contributed by atoms with Crippen LogP contribution in [0.4, 0.5) is 0 Å². The van der Waals surface area contributed by atoms with Crippen molar-refractivity contribution in [3.8, 4) is 0 Å². The molecule has 1 atom stereocenters. The predicted octanol–water partition coefficient (Wildman–Crippen LogP) is -0.645. The largest absolute Gasteiger partial charge is 0.390 e. The molecule has 11 heavy (non-hydrogen) atoms.